The molecular weight excluding hydrogens is 402 g/mol. The van der Waals surface area contributed by atoms with Gasteiger partial charge in [-0.25, -0.2) is 0 Å². The second-order valence-electron chi connectivity index (χ2n) is 7.70. The number of ether oxygens (including phenoxy) is 1. The minimum absolute atomic E-state index is 0.0464. The summed E-state index contributed by atoms with van der Waals surface area (Å²) in [6, 6.07) is 8.80. The van der Waals surface area contributed by atoms with Crippen molar-refractivity contribution in [2.24, 2.45) is 0 Å². The number of allylic oxidation sites excluding steroid dienone is 1. The molecule has 0 unspecified atom stereocenters. The van der Waals surface area contributed by atoms with Crippen molar-refractivity contribution < 1.29 is 29.6 Å². The van der Waals surface area contributed by atoms with Crippen molar-refractivity contribution in [3.8, 4) is 11.5 Å². The third kappa shape index (κ3) is 4.43. The quantitative estimate of drug-likeness (QED) is 0.379. The van der Waals surface area contributed by atoms with Crippen molar-refractivity contribution in [3.05, 3.63) is 69.0 Å². The first-order chi connectivity index (χ1) is 15.0. The summed E-state index contributed by atoms with van der Waals surface area (Å²) >= 11 is 0. The van der Waals surface area contributed by atoms with Crippen LogP contribution in [0.4, 0.5) is 5.69 Å². The highest BCUT2D eigenvalue weighted by atomic mass is 16.6. The Morgan fingerprint density at radius 1 is 1.23 bits per heavy atom. The van der Waals surface area contributed by atoms with Crippen LogP contribution in [-0.4, -0.2) is 60.0 Å². The maximum absolute atomic E-state index is 12.8. The van der Waals surface area contributed by atoms with E-state index in [1.807, 2.05) is 0 Å². The normalized spacial score (nSPS) is 18.2. The van der Waals surface area contributed by atoms with Crippen LogP contribution >= 0.6 is 0 Å². The van der Waals surface area contributed by atoms with Gasteiger partial charge in [0.15, 0.2) is 5.76 Å². The fraction of sp³-hybridized carbons (Fsp3) is 0.318. The average molecular weight is 425 g/mol. The van der Waals surface area contributed by atoms with Crippen LogP contribution in [0.2, 0.25) is 0 Å². The van der Waals surface area contributed by atoms with Gasteiger partial charge in [0.25, 0.3) is 5.69 Å². The Morgan fingerprint density at radius 2 is 2.00 bits per heavy atom. The van der Waals surface area contributed by atoms with E-state index in [1.54, 1.807) is 6.07 Å². The highest BCUT2D eigenvalue weighted by Crippen LogP contribution is 2.38. The molecule has 0 saturated carbocycles. The number of non-ortho nitro benzene ring substituents is 1. The number of β-amino-alcohol motifs (C(OH)–C–C–N with tert-alkyl or cyclic N) is 1. The van der Waals surface area contributed by atoms with Crippen molar-refractivity contribution in [3.63, 3.8) is 0 Å². The smallest absolute Gasteiger partial charge is 0.270 e. The van der Waals surface area contributed by atoms with Crippen LogP contribution in [0.1, 0.15) is 21.5 Å². The van der Waals surface area contributed by atoms with Gasteiger partial charge in [-0.05, 0) is 17.7 Å². The molecule has 9 nitrogen and oxygen atoms in total. The molecule has 9 heteroatoms. The number of hydrogen-bond donors (Lipinski definition) is 2. The van der Waals surface area contributed by atoms with Gasteiger partial charge in [-0.15, -0.1) is 0 Å². The number of benzene rings is 2. The van der Waals surface area contributed by atoms with Gasteiger partial charge < -0.3 is 19.8 Å². The average Bonchev–Trinajstić information content (AvgIpc) is 3.07. The Morgan fingerprint density at radius 3 is 2.71 bits per heavy atom. The molecule has 0 bridgehead atoms. The lowest BCUT2D eigenvalue weighted by Crippen LogP contribution is -3.13. The van der Waals surface area contributed by atoms with E-state index >= 15 is 0 Å². The number of carbonyl (C=O) groups excluding carboxylic acids is 1. The topological polar surface area (TPSA) is 120 Å². The monoisotopic (exact) mass is 425 g/mol. The van der Waals surface area contributed by atoms with Gasteiger partial charge in [0, 0.05) is 37.3 Å². The fourth-order valence-corrected chi connectivity index (χ4v) is 4.00. The number of rotatable bonds is 6. The number of nitrogens with one attached hydrogen (secondary N) is 1. The number of aliphatic hydroxyl groups is 1. The number of nitrogens with zero attached hydrogens (tertiary/aromatic N) is 2. The van der Waals surface area contributed by atoms with Crippen LogP contribution in [0.5, 0.6) is 11.5 Å². The molecule has 2 N–H and O–H groups in total. The minimum atomic E-state index is -0.501. The summed E-state index contributed by atoms with van der Waals surface area (Å²) in [5, 5.41) is 32.6. The molecule has 1 saturated heterocycles. The first kappa shape index (κ1) is 21.0. The largest absolute Gasteiger partial charge is 0.872 e. The molecule has 162 valence electrons. The number of aliphatic hydroxyl groups excluding tert-OH is 1. The number of ketones is 1. The summed E-state index contributed by atoms with van der Waals surface area (Å²) in [4.78, 5) is 26.7. The van der Waals surface area contributed by atoms with Crippen molar-refractivity contribution in [2.75, 3.05) is 39.3 Å². The predicted molar refractivity (Wildman–Crippen MR) is 110 cm³/mol. The number of carbonyl (C=O) groups is 1. The maximum atomic E-state index is 12.8. The zero-order chi connectivity index (χ0) is 22.0. The van der Waals surface area contributed by atoms with Crippen molar-refractivity contribution in [2.45, 2.75) is 6.54 Å². The molecule has 0 spiro atoms. The fourth-order valence-electron chi connectivity index (χ4n) is 4.00. The van der Waals surface area contributed by atoms with E-state index < -0.39 is 4.92 Å². The molecule has 2 aromatic rings. The van der Waals surface area contributed by atoms with Crippen LogP contribution in [0.15, 0.2) is 42.2 Å². The van der Waals surface area contributed by atoms with E-state index in [0.717, 1.165) is 26.2 Å². The predicted octanol–water partition coefficient (Wildman–Crippen LogP) is -0.0226. The molecule has 0 aliphatic carbocycles. The first-order valence-corrected chi connectivity index (χ1v) is 10.1. The number of nitro groups is 1. The first-order valence-electron chi connectivity index (χ1n) is 10.1. The lowest BCUT2D eigenvalue weighted by molar-refractivity contribution is -0.918. The molecule has 31 heavy (non-hydrogen) atoms. The molecule has 2 aliphatic heterocycles. The van der Waals surface area contributed by atoms with E-state index in [0.29, 0.717) is 35.5 Å². The molecule has 0 amide bonds. The summed E-state index contributed by atoms with van der Waals surface area (Å²) in [6.07, 6.45) is 1.46. The van der Waals surface area contributed by atoms with Gasteiger partial charge in [0.1, 0.15) is 12.3 Å². The number of hydrogen-bond acceptors (Lipinski definition) is 7. The van der Waals surface area contributed by atoms with Gasteiger partial charge in [-0.1, -0.05) is 23.9 Å². The van der Waals surface area contributed by atoms with Crippen LogP contribution in [0.25, 0.3) is 6.08 Å². The molecule has 0 aromatic heterocycles. The highest BCUT2D eigenvalue weighted by molar-refractivity contribution is 6.15. The zero-order valence-corrected chi connectivity index (χ0v) is 16.9. The molecule has 0 atom stereocenters. The lowest BCUT2D eigenvalue weighted by Gasteiger charge is -2.32. The molecular formula is C22H23N3O6. The number of nitro benzene ring substituents is 1. The van der Waals surface area contributed by atoms with Gasteiger partial charge in [-0.3, -0.25) is 19.8 Å². The summed E-state index contributed by atoms with van der Waals surface area (Å²) in [5.41, 5.74) is 1.20. The molecule has 4 rings (SSSR count). The van der Waals surface area contributed by atoms with E-state index in [-0.39, 0.29) is 29.6 Å². The standard InChI is InChI=1S/C22H23N3O6/c26-11-10-23-6-8-24(9-7-23)14-18-19(27)5-4-17-21(28)20(31-22(17)18)13-15-2-1-3-16(12-15)25(29)30/h1-5,12-13,26-27H,6-11,14H2/b20-13-. The summed E-state index contributed by atoms with van der Waals surface area (Å²) in [6.45, 7) is 4.53. The SMILES string of the molecule is O=C1/C(=C/c2cccc([N+](=O)[O-])c2)Oc2c1ccc([O-])c2C[NH+]1CCN(CCO)CC1. The second kappa shape index (κ2) is 8.84. The number of quaternary nitrogens is 1. The van der Waals surface area contributed by atoms with Gasteiger partial charge in [0.05, 0.1) is 30.2 Å². The van der Waals surface area contributed by atoms with E-state index in [2.05, 4.69) is 4.90 Å². The van der Waals surface area contributed by atoms with E-state index in [1.165, 1.54) is 41.3 Å². The molecule has 2 heterocycles. The Labute approximate surface area is 178 Å². The Balaban J connectivity index is 1.56. The molecule has 2 aromatic carbocycles. The lowest BCUT2D eigenvalue weighted by atomic mass is 10.0. The minimum Gasteiger partial charge on any atom is -0.872 e. The van der Waals surface area contributed by atoms with Crippen molar-refractivity contribution in [1.29, 1.82) is 0 Å². The number of fused-ring (bicyclic) bond motifs is 1. The van der Waals surface area contributed by atoms with Crippen LogP contribution < -0.4 is 14.7 Å². The Kier molecular flexibility index (Phi) is 5.99. The van der Waals surface area contributed by atoms with Crippen LogP contribution in [-0.2, 0) is 6.54 Å². The van der Waals surface area contributed by atoms with Gasteiger partial charge >= 0.3 is 0 Å². The third-order valence-corrected chi connectivity index (χ3v) is 5.68. The van der Waals surface area contributed by atoms with Gasteiger partial charge in [0.2, 0.25) is 5.78 Å². The van der Waals surface area contributed by atoms with Gasteiger partial charge in [-0.2, -0.15) is 0 Å². The van der Waals surface area contributed by atoms with E-state index in [4.69, 9.17) is 9.84 Å². The molecule has 2 aliphatic rings. The Bertz CT molecular complexity index is 1040. The number of Topliss-reactive ketones (excluding diaryl/α,β-unsaturated/α-hetero) is 1. The number of piperazine rings is 1. The summed E-state index contributed by atoms with van der Waals surface area (Å²) in [7, 11) is 0. The summed E-state index contributed by atoms with van der Waals surface area (Å²) < 4.78 is 5.82. The van der Waals surface area contributed by atoms with Crippen molar-refractivity contribution >= 4 is 17.5 Å². The van der Waals surface area contributed by atoms with Crippen molar-refractivity contribution in [1.82, 2.24) is 4.90 Å². The van der Waals surface area contributed by atoms with E-state index in [9.17, 15) is 20.0 Å². The zero-order valence-electron chi connectivity index (χ0n) is 16.9. The van der Waals surface area contributed by atoms with Crippen LogP contribution in [0.3, 0.4) is 0 Å². The summed E-state index contributed by atoms with van der Waals surface area (Å²) in [5.74, 6) is -0.177. The third-order valence-electron chi connectivity index (χ3n) is 5.68. The highest BCUT2D eigenvalue weighted by Gasteiger charge is 2.31. The van der Waals surface area contributed by atoms with Crippen LogP contribution in [0, 0.1) is 10.1 Å². The Hall–Kier alpha value is -3.27. The second-order valence-corrected chi connectivity index (χ2v) is 7.70. The molecule has 0 radical (unpaired) electrons. The maximum Gasteiger partial charge on any atom is 0.270 e. The molecule has 1 fully saturated rings.